The SMILES string of the molecule is CC1(C)c2ccccc2-c2ccc(N(c3ccc(-c4ccccc4)cc3)c3ccc4c(c3)oc3ccc(-c5ccc6c(c5)sc5ccccc56)cc34)cc21. The fraction of sp³-hybridized carbons (Fsp3) is 0.0588. The molecule has 0 atom stereocenters. The van der Waals surface area contributed by atoms with Gasteiger partial charge in [-0.3, -0.25) is 0 Å². The summed E-state index contributed by atoms with van der Waals surface area (Å²) >= 11 is 1.86. The summed E-state index contributed by atoms with van der Waals surface area (Å²) in [5.41, 5.74) is 15.1. The number of hydrogen-bond acceptors (Lipinski definition) is 3. The Bertz CT molecular complexity index is 3080. The first-order valence-electron chi connectivity index (χ1n) is 18.6. The van der Waals surface area contributed by atoms with Crippen molar-refractivity contribution in [3.63, 3.8) is 0 Å². The highest BCUT2D eigenvalue weighted by atomic mass is 32.1. The molecule has 0 saturated heterocycles. The molecule has 0 bridgehead atoms. The first-order chi connectivity index (χ1) is 26.5. The Morgan fingerprint density at radius 3 is 1.93 bits per heavy atom. The predicted octanol–water partition coefficient (Wildman–Crippen LogP) is 15.1. The van der Waals surface area contributed by atoms with Gasteiger partial charge in [-0.1, -0.05) is 123 Å². The van der Waals surface area contributed by atoms with Crippen LogP contribution in [0.5, 0.6) is 0 Å². The maximum Gasteiger partial charge on any atom is 0.137 e. The van der Waals surface area contributed by atoms with Crippen LogP contribution in [0.2, 0.25) is 0 Å². The summed E-state index contributed by atoms with van der Waals surface area (Å²) in [5.74, 6) is 0. The largest absolute Gasteiger partial charge is 0.456 e. The summed E-state index contributed by atoms with van der Waals surface area (Å²) in [6, 6.07) is 64.1. The van der Waals surface area contributed by atoms with Crippen molar-refractivity contribution in [3.8, 4) is 33.4 Å². The van der Waals surface area contributed by atoms with Gasteiger partial charge in [0.05, 0.1) is 0 Å². The van der Waals surface area contributed by atoms with Crippen LogP contribution in [-0.2, 0) is 5.41 Å². The minimum atomic E-state index is -0.104. The molecule has 0 saturated carbocycles. The van der Waals surface area contributed by atoms with E-state index in [-0.39, 0.29) is 5.41 Å². The minimum absolute atomic E-state index is 0.104. The molecule has 3 heteroatoms. The normalized spacial score (nSPS) is 13.1. The summed E-state index contributed by atoms with van der Waals surface area (Å²) in [5, 5.41) is 4.88. The fourth-order valence-electron chi connectivity index (χ4n) is 8.70. The Kier molecular flexibility index (Phi) is 6.80. The van der Waals surface area contributed by atoms with Crippen molar-refractivity contribution < 1.29 is 4.42 Å². The van der Waals surface area contributed by atoms with Gasteiger partial charge in [-0.25, -0.2) is 0 Å². The highest BCUT2D eigenvalue weighted by Gasteiger charge is 2.35. The molecule has 0 N–H and O–H groups in total. The Morgan fingerprint density at radius 2 is 1.04 bits per heavy atom. The van der Waals surface area contributed by atoms with Gasteiger partial charge in [0.2, 0.25) is 0 Å². The molecule has 1 aliphatic carbocycles. The summed E-state index contributed by atoms with van der Waals surface area (Å²) in [6.07, 6.45) is 0. The molecule has 8 aromatic carbocycles. The van der Waals surface area contributed by atoms with Crippen LogP contribution < -0.4 is 4.90 Å². The van der Waals surface area contributed by atoms with E-state index in [0.717, 1.165) is 39.0 Å². The number of anilines is 3. The fourth-order valence-corrected chi connectivity index (χ4v) is 9.85. The van der Waals surface area contributed by atoms with Gasteiger partial charge in [-0.2, -0.15) is 0 Å². The van der Waals surface area contributed by atoms with Crippen molar-refractivity contribution in [2.24, 2.45) is 0 Å². The molecule has 2 nitrogen and oxygen atoms in total. The zero-order valence-electron chi connectivity index (χ0n) is 30.0. The van der Waals surface area contributed by atoms with Crippen molar-refractivity contribution >= 4 is 70.5 Å². The number of hydrogen-bond donors (Lipinski definition) is 0. The van der Waals surface area contributed by atoms with Crippen molar-refractivity contribution in [1.29, 1.82) is 0 Å². The van der Waals surface area contributed by atoms with Gasteiger partial charge in [0.1, 0.15) is 11.2 Å². The highest BCUT2D eigenvalue weighted by Crippen LogP contribution is 2.51. The van der Waals surface area contributed by atoms with Crippen LogP contribution in [-0.4, -0.2) is 0 Å². The van der Waals surface area contributed by atoms with E-state index >= 15 is 0 Å². The summed E-state index contributed by atoms with van der Waals surface area (Å²) in [4.78, 5) is 2.37. The first-order valence-corrected chi connectivity index (χ1v) is 19.4. The van der Waals surface area contributed by atoms with Crippen molar-refractivity contribution in [1.82, 2.24) is 0 Å². The van der Waals surface area contributed by atoms with Gasteiger partial charge in [0, 0.05) is 59.5 Å². The maximum atomic E-state index is 6.62. The molecule has 10 aromatic rings. The maximum absolute atomic E-state index is 6.62. The third kappa shape index (κ3) is 4.79. The van der Waals surface area contributed by atoms with Crippen LogP contribution in [0, 0.1) is 0 Å². The average molecular weight is 710 g/mol. The number of fused-ring (bicyclic) bond motifs is 9. The van der Waals surface area contributed by atoms with E-state index in [2.05, 4.69) is 195 Å². The number of rotatable bonds is 5. The number of nitrogens with zero attached hydrogens (tertiary/aromatic N) is 1. The first kappa shape index (κ1) is 31.1. The van der Waals surface area contributed by atoms with Crippen LogP contribution in [0.3, 0.4) is 0 Å². The van der Waals surface area contributed by atoms with E-state index in [0.29, 0.717) is 0 Å². The topological polar surface area (TPSA) is 16.4 Å². The Hall–Kier alpha value is -6.42. The second-order valence-corrected chi connectivity index (χ2v) is 16.0. The van der Waals surface area contributed by atoms with E-state index in [4.69, 9.17) is 4.42 Å². The summed E-state index contributed by atoms with van der Waals surface area (Å²) in [6.45, 7) is 4.69. The lowest BCUT2D eigenvalue weighted by atomic mass is 9.82. The van der Waals surface area contributed by atoms with Crippen LogP contribution >= 0.6 is 11.3 Å². The molecule has 0 aliphatic heterocycles. The van der Waals surface area contributed by atoms with E-state index in [1.807, 2.05) is 11.3 Å². The van der Waals surface area contributed by atoms with Crippen LogP contribution in [0.4, 0.5) is 17.1 Å². The third-order valence-corrected chi connectivity index (χ3v) is 12.6. The Labute approximate surface area is 318 Å². The van der Waals surface area contributed by atoms with Gasteiger partial charge in [-0.15, -0.1) is 11.3 Å². The Balaban J connectivity index is 1.03. The van der Waals surface area contributed by atoms with Crippen LogP contribution in [0.15, 0.2) is 180 Å². The summed E-state index contributed by atoms with van der Waals surface area (Å²) in [7, 11) is 0. The molecule has 1 aliphatic rings. The van der Waals surface area contributed by atoms with Gasteiger partial charge in [0.15, 0.2) is 0 Å². The molecule has 2 heterocycles. The molecule has 0 spiro atoms. The standard InChI is InChI=1S/C51H35NOS/c1-51(2)45-14-8-6-12-39(45)40-25-22-37(30-46(40)51)52(36-20-16-33(17-21-36)32-10-4-3-5-11-32)38-23-26-41-44-28-34(19-27-47(44)53-48(41)31-38)35-18-24-43-42-13-7-9-15-49(42)54-50(43)29-35/h3-31H,1-2H3. The van der Waals surface area contributed by atoms with E-state index in [1.54, 1.807) is 0 Å². The van der Waals surface area contributed by atoms with Crippen molar-refractivity contribution in [2.45, 2.75) is 19.3 Å². The van der Waals surface area contributed by atoms with Gasteiger partial charge < -0.3 is 9.32 Å². The summed E-state index contributed by atoms with van der Waals surface area (Å²) < 4.78 is 9.25. The molecule has 256 valence electrons. The molecule has 11 rings (SSSR count). The van der Waals surface area contributed by atoms with E-state index in [9.17, 15) is 0 Å². The Morgan fingerprint density at radius 1 is 0.407 bits per heavy atom. The zero-order chi connectivity index (χ0) is 36.0. The number of furan rings is 1. The average Bonchev–Trinajstić information content (AvgIpc) is 3.85. The van der Waals surface area contributed by atoms with Crippen LogP contribution in [0.25, 0.3) is 75.5 Å². The van der Waals surface area contributed by atoms with Crippen molar-refractivity contribution in [3.05, 3.63) is 187 Å². The van der Waals surface area contributed by atoms with Gasteiger partial charge in [0.25, 0.3) is 0 Å². The van der Waals surface area contributed by atoms with E-state index in [1.165, 1.54) is 64.7 Å². The second kappa shape index (κ2) is 11.8. The highest BCUT2D eigenvalue weighted by molar-refractivity contribution is 7.25. The molecule has 0 radical (unpaired) electrons. The molecule has 0 unspecified atom stereocenters. The number of thiophene rings is 1. The third-order valence-electron chi connectivity index (χ3n) is 11.5. The monoisotopic (exact) mass is 709 g/mol. The molecule has 0 amide bonds. The lowest BCUT2D eigenvalue weighted by Gasteiger charge is -2.28. The lowest BCUT2D eigenvalue weighted by Crippen LogP contribution is -2.16. The van der Waals surface area contributed by atoms with Crippen molar-refractivity contribution in [2.75, 3.05) is 4.90 Å². The molecule has 0 fully saturated rings. The lowest BCUT2D eigenvalue weighted by molar-refractivity contribution is 0.660. The van der Waals surface area contributed by atoms with Gasteiger partial charge in [-0.05, 0) is 105 Å². The predicted molar refractivity (Wildman–Crippen MR) is 230 cm³/mol. The molecule has 54 heavy (non-hydrogen) atoms. The molecule has 2 aromatic heterocycles. The van der Waals surface area contributed by atoms with Gasteiger partial charge >= 0.3 is 0 Å². The molecular formula is C51H35NOS. The molecular weight excluding hydrogens is 675 g/mol. The zero-order valence-corrected chi connectivity index (χ0v) is 30.8. The quantitative estimate of drug-likeness (QED) is 0.177. The van der Waals surface area contributed by atoms with Crippen LogP contribution in [0.1, 0.15) is 25.0 Å². The number of benzene rings is 8. The van der Waals surface area contributed by atoms with E-state index < -0.39 is 0 Å². The minimum Gasteiger partial charge on any atom is -0.456 e. The smallest absolute Gasteiger partial charge is 0.137 e. The second-order valence-electron chi connectivity index (χ2n) is 15.0.